The zero-order valence-corrected chi connectivity index (χ0v) is 19.6. The Bertz CT molecular complexity index is 1370. The third-order valence-electron chi connectivity index (χ3n) is 5.87. The van der Waals surface area contributed by atoms with Crippen LogP contribution >= 0.6 is 0 Å². The lowest BCUT2D eigenvalue weighted by Gasteiger charge is -2.24. The molecule has 0 atom stereocenters. The van der Waals surface area contributed by atoms with Crippen molar-refractivity contribution < 1.29 is 28.7 Å². The molecule has 0 unspecified atom stereocenters. The predicted molar refractivity (Wildman–Crippen MR) is 123 cm³/mol. The van der Waals surface area contributed by atoms with Gasteiger partial charge in [0.15, 0.2) is 0 Å². The lowest BCUT2D eigenvalue weighted by molar-refractivity contribution is -0.133. The minimum Gasteiger partial charge on any atom is -0.426 e. The highest BCUT2D eigenvalue weighted by molar-refractivity contribution is 6.30. The Kier molecular flexibility index (Phi) is 5.91. The molecule has 1 aliphatic rings. The summed E-state index contributed by atoms with van der Waals surface area (Å²) in [5.41, 5.74) is 2.38. The first-order chi connectivity index (χ1) is 16.1. The maximum atomic E-state index is 14.0. The van der Waals surface area contributed by atoms with Gasteiger partial charge >= 0.3 is 11.9 Å². The molecule has 8 heteroatoms. The number of hydrogen-bond donors (Lipinski definition) is 0. The first-order valence-electron chi connectivity index (χ1n) is 10.9. The van der Waals surface area contributed by atoms with Crippen LogP contribution in [0.5, 0.6) is 11.5 Å². The number of esters is 2. The maximum absolute atomic E-state index is 14.0. The number of nitrogens with zero attached hydrogens (tertiary/aromatic N) is 2. The molecule has 4 rings (SSSR count). The number of benzene rings is 2. The van der Waals surface area contributed by atoms with Gasteiger partial charge < -0.3 is 9.47 Å². The van der Waals surface area contributed by atoms with Crippen LogP contribution in [0.4, 0.5) is 0 Å². The first kappa shape index (κ1) is 23.1. The van der Waals surface area contributed by atoms with E-state index in [1.165, 1.54) is 18.5 Å². The lowest BCUT2D eigenvalue weighted by atomic mass is 9.82. The zero-order valence-electron chi connectivity index (χ0n) is 19.6. The zero-order chi connectivity index (χ0) is 24.7. The summed E-state index contributed by atoms with van der Waals surface area (Å²) in [5, 5.41) is 4.58. The molecule has 1 heterocycles. The van der Waals surface area contributed by atoms with Crippen LogP contribution in [0.1, 0.15) is 75.1 Å². The molecule has 3 aromatic rings. The predicted octanol–water partition coefficient (Wildman–Crippen LogP) is 3.74. The summed E-state index contributed by atoms with van der Waals surface area (Å²) in [4.78, 5) is 51.6. The molecule has 0 saturated carbocycles. The Morgan fingerprint density at radius 1 is 0.853 bits per heavy atom. The van der Waals surface area contributed by atoms with E-state index in [-0.39, 0.29) is 33.9 Å². The molecule has 2 aromatic carbocycles. The quantitative estimate of drug-likeness (QED) is 0.330. The fourth-order valence-electron chi connectivity index (χ4n) is 4.28. The van der Waals surface area contributed by atoms with Crippen molar-refractivity contribution in [1.29, 1.82) is 0 Å². The highest BCUT2D eigenvalue weighted by Crippen LogP contribution is 2.44. The van der Waals surface area contributed by atoms with Gasteiger partial charge in [-0.15, -0.1) is 0 Å². The highest BCUT2D eigenvalue weighted by Gasteiger charge is 2.42. The van der Waals surface area contributed by atoms with Gasteiger partial charge in [-0.05, 0) is 37.5 Å². The topological polar surface area (TPSA) is 105 Å². The van der Waals surface area contributed by atoms with Crippen molar-refractivity contribution in [2.24, 2.45) is 0 Å². The van der Waals surface area contributed by atoms with Gasteiger partial charge in [-0.25, -0.2) is 0 Å². The van der Waals surface area contributed by atoms with E-state index in [1.54, 1.807) is 13.8 Å². The molecule has 8 nitrogen and oxygen atoms in total. The average Bonchev–Trinajstić information content (AvgIpc) is 3.16. The molecule has 1 aliphatic carbocycles. The van der Waals surface area contributed by atoms with Gasteiger partial charge in [0.25, 0.3) is 0 Å². The standard InChI is InChI=1S/C26H24N2O6/c1-6-28-22-19(18(27-28)12-17-10-8-7-9-11-17)23(31)20-21(24(22)32)26(34-16(5)30)14(3)13(2)25(20)33-15(4)29/h7-11H,6,12H2,1-5H3. The van der Waals surface area contributed by atoms with Gasteiger partial charge in [-0.2, -0.15) is 5.10 Å². The summed E-state index contributed by atoms with van der Waals surface area (Å²) < 4.78 is 12.3. The molecule has 0 radical (unpaired) electrons. The van der Waals surface area contributed by atoms with Crippen LogP contribution in [0, 0.1) is 13.8 Å². The summed E-state index contributed by atoms with van der Waals surface area (Å²) in [6, 6.07) is 9.49. The Hall–Kier alpha value is -4.07. The van der Waals surface area contributed by atoms with Crippen LogP contribution in [-0.2, 0) is 22.6 Å². The summed E-state index contributed by atoms with van der Waals surface area (Å²) in [6.45, 7) is 7.91. The second kappa shape index (κ2) is 8.70. The number of carbonyl (C=O) groups excluding carboxylic acids is 4. The van der Waals surface area contributed by atoms with Crippen molar-refractivity contribution in [3.63, 3.8) is 0 Å². The number of fused-ring (bicyclic) bond motifs is 2. The summed E-state index contributed by atoms with van der Waals surface area (Å²) in [7, 11) is 0. The van der Waals surface area contributed by atoms with Crippen LogP contribution in [0.15, 0.2) is 30.3 Å². The molecule has 174 valence electrons. The van der Waals surface area contributed by atoms with Crippen molar-refractivity contribution in [2.45, 2.75) is 47.6 Å². The van der Waals surface area contributed by atoms with Gasteiger partial charge in [0.05, 0.1) is 22.4 Å². The molecule has 0 aliphatic heterocycles. The number of aryl methyl sites for hydroxylation is 1. The largest absolute Gasteiger partial charge is 0.426 e. The number of ketones is 2. The van der Waals surface area contributed by atoms with E-state index in [0.717, 1.165) is 5.56 Å². The number of hydrogen-bond acceptors (Lipinski definition) is 7. The molecule has 0 saturated heterocycles. The van der Waals surface area contributed by atoms with Gasteiger partial charge in [0, 0.05) is 26.8 Å². The van der Waals surface area contributed by atoms with Crippen LogP contribution in [0.3, 0.4) is 0 Å². The van der Waals surface area contributed by atoms with E-state index in [1.807, 2.05) is 37.3 Å². The number of rotatable bonds is 5. The maximum Gasteiger partial charge on any atom is 0.308 e. The van der Waals surface area contributed by atoms with Gasteiger partial charge in [-0.1, -0.05) is 30.3 Å². The monoisotopic (exact) mass is 460 g/mol. The highest BCUT2D eigenvalue weighted by atomic mass is 16.5. The average molecular weight is 460 g/mol. The third-order valence-corrected chi connectivity index (χ3v) is 5.87. The van der Waals surface area contributed by atoms with Crippen molar-refractivity contribution in [3.05, 3.63) is 75.1 Å². The van der Waals surface area contributed by atoms with Gasteiger partial charge in [0.1, 0.15) is 17.2 Å². The van der Waals surface area contributed by atoms with Crippen molar-refractivity contribution in [3.8, 4) is 11.5 Å². The molecular weight excluding hydrogens is 436 g/mol. The molecule has 34 heavy (non-hydrogen) atoms. The first-order valence-corrected chi connectivity index (χ1v) is 10.9. The van der Waals surface area contributed by atoms with Crippen molar-refractivity contribution >= 4 is 23.5 Å². The van der Waals surface area contributed by atoms with Crippen LogP contribution in [-0.4, -0.2) is 33.3 Å². The molecular formula is C26H24N2O6. The minimum atomic E-state index is -0.634. The Labute approximate surface area is 196 Å². The second-order valence-electron chi connectivity index (χ2n) is 8.15. The fraction of sp³-hybridized carbons (Fsp3) is 0.269. The third kappa shape index (κ3) is 3.71. The molecule has 0 N–H and O–H groups in total. The van der Waals surface area contributed by atoms with E-state index < -0.39 is 23.5 Å². The SMILES string of the molecule is CCn1nc(Cc2ccccc2)c2c1C(=O)c1c(OC(C)=O)c(C)c(C)c(OC(C)=O)c1C2=O. The fourth-order valence-corrected chi connectivity index (χ4v) is 4.28. The second-order valence-corrected chi connectivity index (χ2v) is 8.15. The molecule has 0 amide bonds. The van der Waals surface area contributed by atoms with E-state index in [4.69, 9.17) is 9.47 Å². The van der Waals surface area contributed by atoms with Gasteiger partial charge in [0.2, 0.25) is 11.6 Å². The van der Waals surface area contributed by atoms with Crippen LogP contribution in [0.2, 0.25) is 0 Å². The number of carbonyl (C=O) groups is 4. The minimum absolute atomic E-state index is 0.00480. The molecule has 0 spiro atoms. The summed E-state index contributed by atoms with van der Waals surface area (Å²) in [5.74, 6) is -2.29. The summed E-state index contributed by atoms with van der Waals surface area (Å²) >= 11 is 0. The number of ether oxygens (including phenoxy) is 2. The van der Waals surface area contributed by atoms with Crippen LogP contribution < -0.4 is 9.47 Å². The molecule has 0 fully saturated rings. The van der Waals surface area contributed by atoms with Crippen molar-refractivity contribution in [2.75, 3.05) is 0 Å². The van der Waals surface area contributed by atoms with Crippen molar-refractivity contribution in [1.82, 2.24) is 9.78 Å². The van der Waals surface area contributed by atoms with E-state index in [9.17, 15) is 19.2 Å². The lowest BCUT2D eigenvalue weighted by Crippen LogP contribution is -2.27. The van der Waals surface area contributed by atoms with Gasteiger partial charge in [-0.3, -0.25) is 23.9 Å². The summed E-state index contributed by atoms with van der Waals surface area (Å²) in [6.07, 6.45) is 0.342. The molecule has 0 bridgehead atoms. The van der Waals surface area contributed by atoms with E-state index in [0.29, 0.717) is 29.8 Å². The Balaban J connectivity index is 2.03. The number of aromatic nitrogens is 2. The molecule has 1 aromatic heterocycles. The Morgan fingerprint density at radius 3 is 1.88 bits per heavy atom. The van der Waals surface area contributed by atoms with E-state index in [2.05, 4.69) is 5.10 Å². The Morgan fingerprint density at radius 2 is 1.38 bits per heavy atom. The van der Waals surface area contributed by atoms with E-state index >= 15 is 0 Å². The normalized spacial score (nSPS) is 12.3. The van der Waals surface area contributed by atoms with Crippen LogP contribution in [0.25, 0.3) is 0 Å². The smallest absolute Gasteiger partial charge is 0.308 e.